The number of carbonyl (C=O) groups excluding carboxylic acids is 1. The molecule has 0 aliphatic heterocycles. The topological polar surface area (TPSA) is 30.7 Å². The van der Waals surface area contributed by atoms with E-state index in [1.807, 2.05) is 6.92 Å². The van der Waals surface area contributed by atoms with Crippen LogP contribution in [0.3, 0.4) is 0 Å². The van der Waals surface area contributed by atoms with Crippen molar-refractivity contribution in [3.8, 4) is 0 Å². The number of rotatable bonds is 10. The highest BCUT2D eigenvalue weighted by Crippen LogP contribution is 1.86. The van der Waals surface area contributed by atoms with Crippen LogP contribution in [-0.2, 0) is 9.53 Å². The quantitative estimate of drug-likeness (QED) is 0.576. The molecule has 0 aliphatic rings. The minimum atomic E-state index is -0.0482. The highest BCUT2D eigenvalue weighted by atomic mass is 16.5. The molecular weight excluding hydrogens is 202 g/mol. The number of unbranched alkanes of at least 4 members (excludes halogenated alkanes) is 2. The highest BCUT2D eigenvalue weighted by Gasteiger charge is 2.10. The van der Waals surface area contributed by atoms with E-state index in [0.717, 1.165) is 6.54 Å². The van der Waals surface area contributed by atoms with Crippen molar-refractivity contribution in [3.63, 3.8) is 0 Å². The number of hydrogen-bond donors (Lipinski definition) is 1. The number of ether oxygens (including phenoxy) is 1. The normalized spacial score (nSPS) is 10.8. The smallest absolute Gasteiger partial charge is 0.311 e. The van der Waals surface area contributed by atoms with Crippen molar-refractivity contribution in [1.29, 1.82) is 0 Å². The lowest BCUT2D eigenvalue weighted by molar-refractivity contribution is -0.900. The molecule has 0 bridgehead atoms. The number of esters is 1. The van der Waals surface area contributed by atoms with Gasteiger partial charge in [-0.2, -0.15) is 0 Å². The monoisotopic (exact) mass is 230 g/mol. The third-order valence-corrected chi connectivity index (χ3v) is 2.76. The molecule has 0 fully saturated rings. The van der Waals surface area contributed by atoms with Crippen LogP contribution in [0.1, 0.15) is 52.9 Å². The zero-order chi connectivity index (χ0) is 12.2. The molecule has 0 saturated carbocycles. The molecule has 16 heavy (non-hydrogen) atoms. The van der Waals surface area contributed by atoms with Crippen molar-refractivity contribution >= 4 is 5.97 Å². The van der Waals surface area contributed by atoms with E-state index in [0.29, 0.717) is 13.0 Å². The van der Waals surface area contributed by atoms with Crippen LogP contribution in [0.2, 0.25) is 0 Å². The second-order valence-electron chi connectivity index (χ2n) is 4.26. The van der Waals surface area contributed by atoms with Gasteiger partial charge in [-0.3, -0.25) is 4.79 Å². The SMILES string of the molecule is CCCC[NH+](CCCC)CCC(=O)OCC. The molecule has 0 spiro atoms. The van der Waals surface area contributed by atoms with E-state index in [-0.39, 0.29) is 5.97 Å². The zero-order valence-corrected chi connectivity index (χ0v) is 11.2. The van der Waals surface area contributed by atoms with Gasteiger partial charge in [0.15, 0.2) is 0 Å². The van der Waals surface area contributed by atoms with Crippen LogP contribution < -0.4 is 4.90 Å². The van der Waals surface area contributed by atoms with Crippen LogP contribution in [-0.4, -0.2) is 32.2 Å². The first-order valence-electron chi connectivity index (χ1n) is 6.73. The van der Waals surface area contributed by atoms with Crippen molar-refractivity contribution < 1.29 is 14.4 Å². The van der Waals surface area contributed by atoms with Gasteiger partial charge in [0.25, 0.3) is 0 Å². The molecule has 0 aliphatic carbocycles. The summed E-state index contributed by atoms with van der Waals surface area (Å²) in [6.07, 6.45) is 5.53. The number of carbonyl (C=O) groups is 1. The molecule has 0 saturated heterocycles. The van der Waals surface area contributed by atoms with Crippen molar-refractivity contribution in [3.05, 3.63) is 0 Å². The van der Waals surface area contributed by atoms with Crippen LogP contribution >= 0.6 is 0 Å². The molecule has 0 heterocycles. The maximum Gasteiger partial charge on any atom is 0.311 e. The Morgan fingerprint density at radius 2 is 1.56 bits per heavy atom. The van der Waals surface area contributed by atoms with E-state index in [1.165, 1.54) is 38.8 Å². The van der Waals surface area contributed by atoms with Crippen LogP contribution in [0.25, 0.3) is 0 Å². The minimum Gasteiger partial charge on any atom is -0.466 e. The Morgan fingerprint density at radius 3 is 2.00 bits per heavy atom. The van der Waals surface area contributed by atoms with Crippen molar-refractivity contribution in [2.45, 2.75) is 52.9 Å². The van der Waals surface area contributed by atoms with Gasteiger partial charge in [0.05, 0.1) is 32.7 Å². The molecule has 0 unspecified atom stereocenters. The molecule has 0 aromatic heterocycles. The van der Waals surface area contributed by atoms with Gasteiger partial charge in [0, 0.05) is 0 Å². The number of nitrogens with one attached hydrogen (secondary N) is 1. The van der Waals surface area contributed by atoms with E-state index in [1.54, 1.807) is 4.90 Å². The predicted molar refractivity (Wildman–Crippen MR) is 66.6 cm³/mol. The van der Waals surface area contributed by atoms with Gasteiger partial charge in [0.2, 0.25) is 0 Å². The van der Waals surface area contributed by atoms with Crippen molar-refractivity contribution in [2.24, 2.45) is 0 Å². The summed E-state index contributed by atoms with van der Waals surface area (Å²) in [5.74, 6) is -0.0482. The summed E-state index contributed by atoms with van der Waals surface area (Å²) in [5.41, 5.74) is 0. The molecule has 0 rings (SSSR count). The van der Waals surface area contributed by atoms with Gasteiger partial charge in [-0.05, 0) is 19.8 Å². The first-order valence-corrected chi connectivity index (χ1v) is 6.73. The standard InChI is InChI=1S/C13H27NO2/c1-4-7-10-14(11-8-5-2)12-9-13(15)16-6-3/h4-12H2,1-3H3/p+1. The highest BCUT2D eigenvalue weighted by molar-refractivity contribution is 5.69. The second kappa shape index (κ2) is 10.9. The molecule has 1 N–H and O–H groups in total. The van der Waals surface area contributed by atoms with Gasteiger partial charge in [-0.15, -0.1) is 0 Å². The van der Waals surface area contributed by atoms with Crippen LogP contribution in [0, 0.1) is 0 Å². The summed E-state index contributed by atoms with van der Waals surface area (Å²) in [5, 5.41) is 0. The predicted octanol–water partition coefficient (Wildman–Crippen LogP) is 1.42. The lowest BCUT2D eigenvalue weighted by Crippen LogP contribution is -3.12. The second-order valence-corrected chi connectivity index (χ2v) is 4.26. The van der Waals surface area contributed by atoms with Crippen LogP contribution in [0.15, 0.2) is 0 Å². The third kappa shape index (κ3) is 8.72. The van der Waals surface area contributed by atoms with Gasteiger partial charge >= 0.3 is 5.97 Å². The van der Waals surface area contributed by atoms with E-state index >= 15 is 0 Å². The summed E-state index contributed by atoms with van der Waals surface area (Å²) < 4.78 is 4.95. The van der Waals surface area contributed by atoms with Gasteiger partial charge < -0.3 is 9.64 Å². The van der Waals surface area contributed by atoms with Gasteiger partial charge in [-0.1, -0.05) is 26.7 Å². The summed E-state index contributed by atoms with van der Waals surface area (Å²) in [7, 11) is 0. The van der Waals surface area contributed by atoms with E-state index in [4.69, 9.17) is 4.74 Å². The molecule has 0 amide bonds. The van der Waals surface area contributed by atoms with Gasteiger partial charge in [-0.25, -0.2) is 0 Å². The molecule has 0 aromatic carbocycles. The van der Waals surface area contributed by atoms with Crippen LogP contribution in [0.5, 0.6) is 0 Å². The average molecular weight is 230 g/mol. The first kappa shape index (κ1) is 15.4. The summed E-state index contributed by atoms with van der Waals surface area (Å²) >= 11 is 0. The minimum absolute atomic E-state index is 0.0482. The van der Waals surface area contributed by atoms with E-state index < -0.39 is 0 Å². The lowest BCUT2D eigenvalue weighted by Gasteiger charge is -2.18. The Morgan fingerprint density at radius 1 is 1.00 bits per heavy atom. The lowest BCUT2D eigenvalue weighted by atomic mass is 10.2. The van der Waals surface area contributed by atoms with Crippen molar-refractivity contribution in [1.82, 2.24) is 0 Å². The number of hydrogen-bond acceptors (Lipinski definition) is 2. The maximum atomic E-state index is 11.3. The maximum absolute atomic E-state index is 11.3. The molecular formula is C13H28NO2+. The summed E-state index contributed by atoms with van der Waals surface area (Å²) in [4.78, 5) is 12.8. The average Bonchev–Trinajstić information content (AvgIpc) is 2.28. The largest absolute Gasteiger partial charge is 0.466 e. The fourth-order valence-electron chi connectivity index (χ4n) is 1.74. The molecule has 0 radical (unpaired) electrons. The molecule has 0 aromatic rings. The Hall–Kier alpha value is -0.570. The fraction of sp³-hybridized carbons (Fsp3) is 0.923. The Labute approximate surface area is 100 Å². The summed E-state index contributed by atoms with van der Waals surface area (Å²) in [6.45, 7) is 10.1. The third-order valence-electron chi connectivity index (χ3n) is 2.76. The first-order chi connectivity index (χ1) is 7.74. The molecule has 96 valence electrons. The van der Waals surface area contributed by atoms with Crippen molar-refractivity contribution in [2.75, 3.05) is 26.2 Å². The zero-order valence-electron chi connectivity index (χ0n) is 11.2. The fourth-order valence-corrected chi connectivity index (χ4v) is 1.74. The van der Waals surface area contributed by atoms with Gasteiger partial charge in [0.1, 0.15) is 0 Å². The molecule has 3 nitrogen and oxygen atoms in total. The Balaban J connectivity index is 3.75. The Kier molecular flexibility index (Phi) is 10.5. The van der Waals surface area contributed by atoms with E-state index in [9.17, 15) is 4.79 Å². The molecule has 3 heteroatoms. The molecule has 0 atom stereocenters. The summed E-state index contributed by atoms with van der Waals surface area (Å²) in [6, 6.07) is 0. The number of quaternary nitrogens is 1. The van der Waals surface area contributed by atoms with Crippen LogP contribution in [0.4, 0.5) is 0 Å². The Bertz CT molecular complexity index is 163. The van der Waals surface area contributed by atoms with E-state index in [2.05, 4.69) is 13.8 Å².